The van der Waals surface area contributed by atoms with Gasteiger partial charge >= 0.3 is 0 Å². The van der Waals surface area contributed by atoms with E-state index in [-0.39, 0.29) is 0 Å². The summed E-state index contributed by atoms with van der Waals surface area (Å²) in [4.78, 5) is 9.47. The predicted molar refractivity (Wildman–Crippen MR) is 71.8 cm³/mol. The molecule has 0 saturated heterocycles. The van der Waals surface area contributed by atoms with E-state index < -0.39 is 48.2 Å². The molecule has 0 unspecified atom stereocenters. The molecule has 0 bridgehead atoms. The Kier molecular flexibility index (Phi) is 3.79. The zero-order valence-electron chi connectivity index (χ0n) is 10.7. The van der Waals surface area contributed by atoms with Crippen LogP contribution >= 0.6 is 0 Å². The van der Waals surface area contributed by atoms with Crippen molar-refractivity contribution in [1.82, 2.24) is 0 Å². The van der Waals surface area contributed by atoms with E-state index in [4.69, 9.17) is 5.26 Å². The van der Waals surface area contributed by atoms with Gasteiger partial charge in [-0.25, -0.2) is 12.8 Å². The van der Waals surface area contributed by atoms with Crippen LogP contribution in [-0.2, 0) is 9.84 Å². The molecular weight excluding hydrogens is 315 g/mol. The Hall–Kier alpha value is -2.99. The van der Waals surface area contributed by atoms with Gasteiger partial charge in [0.25, 0.3) is 0 Å². The standard InChI is InChI=1S/C13H7FN2O5S/c14-8-1-2-12(7(3-8)6-15)22(20,21)9-4-10(16-19)13(18)11(17)5-9/h1-5,17-18H. The molecule has 2 aromatic rings. The average molecular weight is 322 g/mol. The topological polar surface area (TPSA) is 128 Å². The van der Waals surface area contributed by atoms with E-state index in [9.17, 15) is 27.9 Å². The monoisotopic (exact) mass is 322 g/mol. The van der Waals surface area contributed by atoms with E-state index in [1.165, 1.54) is 0 Å². The van der Waals surface area contributed by atoms with Crippen molar-refractivity contribution in [3.05, 3.63) is 46.6 Å². The number of benzene rings is 2. The molecule has 9 heteroatoms. The molecule has 112 valence electrons. The van der Waals surface area contributed by atoms with Gasteiger partial charge in [-0.1, -0.05) is 0 Å². The van der Waals surface area contributed by atoms with Crippen molar-refractivity contribution in [3.63, 3.8) is 0 Å². The lowest BCUT2D eigenvalue weighted by Gasteiger charge is -2.08. The third-order valence-corrected chi connectivity index (χ3v) is 4.59. The predicted octanol–water partition coefficient (Wildman–Crippen LogP) is 2.34. The quantitative estimate of drug-likeness (QED) is 0.507. The third kappa shape index (κ3) is 2.47. The van der Waals surface area contributed by atoms with Gasteiger partial charge in [0.15, 0.2) is 17.2 Å². The molecule has 2 N–H and O–H groups in total. The SMILES string of the molecule is N#Cc1cc(F)ccc1S(=O)(=O)c1cc(O)c(O)c(N=O)c1. The first kappa shape index (κ1) is 15.4. The first-order valence-electron chi connectivity index (χ1n) is 5.65. The van der Waals surface area contributed by atoms with Crippen LogP contribution in [0.25, 0.3) is 0 Å². The lowest BCUT2D eigenvalue weighted by Crippen LogP contribution is -2.05. The summed E-state index contributed by atoms with van der Waals surface area (Å²) in [5, 5.41) is 30.1. The highest BCUT2D eigenvalue weighted by atomic mass is 32.2. The first-order chi connectivity index (χ1) is 10.3. The lowest BCUT2D eigenvalue weighted by atomic mass is 10.2. The van der Waals surface area contributed by atoms with Crippen molar-refractivity contribution in [1.29, 1.82) is 5.26 Å². The number of nitriles is 1. The average Bonchev–Trinajstić information content (AvgIpc) is 2.49. The van der Waals surface area contributed by atoms with Gasteiger partial charge in [-0.05, 0) is 29.4 Å². The molecule has 2 aromatic carbocycles. The zero-order chi connectivity index (χ0) is 16.5. The Labute approximate surface area is 123 Å². The van der Waals surface area contributed by atoms with Crippen LogP contribution in [0.4, 0.5) is 10.1 Å². The summed E-state index contributed by atoms with van der Waals surface area (Å²) in [6.07, 6.45) is 0. The number of halogens is 1. The van der Waals surface area contributed by atoms with E-state index in [0.717, 1.165) is 24.3 Å². The summed E-state index contributed by atoms with van der Waals surface area (Å²) in [6.45, 7) is 0. The molecule has 0 fully saturated rings. The second kappa shape index (κ2) is 5.42. The van der Waals surface area contributed by atoms with Crippen molar-refractivity contribution in [2.75, 3.05) is 0 Å². The second-order valence-electron chi connectivity index (χ2n) is 4.16. The molecule has 0 heterocycles. The van der Waals surface area contributed by atoms with E-state index >= 15 is 0 Å². The Bertz CT molecular complexity index is 919. The van der Waals surface area contributed by atoms with Crippen molar-refractivity contribution >= 4 is 15.5 Å². The van der Waals surface area contributed by atoms with Crippen LogP contribution < -0.4 is 0 Å². The second-order valence-corrected chi connectivity index (χ2v) is 6.08. The van der Waals surface area contributed by atoms with Crippen molar-refractivity contribution in [2.45, 2.75) is 9.79 Å². The van der Waals surface area contributed by atoms with E-state index in [0.29, 0.717) is 6.07 Å². The molecule has 0 atom stereocenters. The minimum Gasteiger partial charge on any atom is -0.504 e. The Morgan fingerprint density at radius 1 is 1.18 bits per heavy atom. The largest absolute Gasteiger partial charge is 0.504 e. The summed E-state index contributed by atoms with van der Waals surface area (Å²) in [5.74, 6) is -2.52. The molecule has 2 rings (SSSR count). The van der Waals surface area contributed by atoms with Crippen molar-refractivity contribution in [3.8, 4) is 17.6 Å². The lowest BCUT2D eigenvalue weighted by molar-refractivity contribution is 0.403. The summed E-state index contributed by atoms with van der Waals surface area (Å²) in [7, 11) is -4.33. The number of phenolic OH excluding ortho intramolecular Hbond substituents is 2. The highest BCUT2D eigenvalue weighted by molar-refractivity contribution is 7.91. The highest BCUT2D eigenvalue weighted by Gasteiger charge is 2.25. The number of phenols is 2. The first-order valence-corrected chi connectivity index (χ1v) is 7.13. The molecule has 0 aromatic heterocycles. The van der Waals surface area contributed by atoms with Crippen LogP contribution in [0.3, 0.4) is 0 Å². The van der Waals surface area contributed by atoms with Gasteiger partial charge in [-0.2, -0.15) is 5.26 Å². The highest BCUT2D eigenvalue weighted by Crippen LogP contribution is 2.39. The Morgan fingerprint density at radius 2 is 1.86 bits per heavy atom. The van der Waals surface area contributed by atoms with Crippen LogP contribution in [-0.4, -0.2) is 18.6 Å². The zero-order valence-corrected chi connectivity index (χ0v) is 11.5. The number of hydrogen-bond acceptors (Lipinski definition) is 7. The van der Waals surface area contributed by atoms with Gasteiger partial charge in [0.2, 0.25) is 9.84 Å². The maximum absolute atomic E-state index is 13.1. The molecule has 0 aliphatic carbocycles. The smallest absolute Gasteiger partial charge is 0.208 e. The molecular formula is C13H7FN2O5S. The van der Waals surface area contributed by atoms with Gasteiger partial charge in [0, 0.05) is 6.07 Å². The maximum Gasteiger partial charge on any atom is 0.208 e. The molecule has 0 saturated carbocycles. The van der Waals surface area contributed by atoms with Gasteiger partial charge < -0.3 is 10.2 Å². The summed E-state index contributed by atoms with van der Waals surface area (Å²) >= 11 is 0. The molecule has 0 aliphatic heterocycles. The fourth-order valence-corrected chi connectivity index (χ4v) is 3.18. The van der Waals surface area contributed by atoms with E-state index in [2.05, 4.69) is 5.18 Å². The number of hydrogen-bond donors (Lipinski definition) is 2. The minimum absolute atomic E-state index is 0.437. The number of nitroso groups, excluding NO2 is 1. The normalized spacial score (nSPS) is 10.9. The fourth-order valence-electron chi connectivity index (χ4n) is 1.75. The molecule has 0 radical (unpaired) electrons. The fraction of sp³-hybridized carbons (Fsp3) is 0. The van der Waals surface area contributed by atoms with Crippen LogP contribution in [0.15, 0.2) is 45.3 Å². The summed E-state index contributed by atoms with van der Waals surface area (Å²) in [6, 6.07) is 5.47. The van der Waals surface area contributed by atoms with Crippen molar-refractivity contribution in [2.24, 2.45) is 5.18 Å². The molecule has 0 aliphatic rings. The van der Waals surface area contributed by atoms with Crippen LogP contribution in [0.2, 0.25) is 0 Å². The molecule has 0 spiro atoms. The number of aromatic hydroxyl groups is 2. The van der Waals surface area contributed by atoms with Gasteiger partial charge in [-0.15, -0.1) is 4.91 Å². The number of nitrogens with zero attached hydrogens (tertiary/aromatic N) is 2. The summed E-state index contributed by atoms with van der Waals surface area (Å²) in [5.41, 5.74) is -1.12. The van der Waals surface area contributed by atoms with E-state index in [1.54, 1.807) is 6.07 Å². The maximum atomic E-state index is 13.1. The molecule has 22 heavy (non-hydrogen) atoms. The molecule has 7 nitrogen and oxygen atoms in total. The van der Waals surface area contributed by atoms with Gasteiger partial charge in [0.05, 0.1) is 15.4 Å². The Balaban J connectivity index is 2.74. The number of rotatable bonds is 3. The van der Waals surface area contributed by atoms with E-state index in [1.807, 2.05) is 0 Å². The van der Waals surface area contributed by atoms with Crippen molar-refractivity contribution < 1.29 is 23.0 Å². The van der Waals surface area contributed by atoms with Crippen LogP contribution in [0.5, 0.6) is 11.5 Å². The number of sulfone groups is 1. The molecule has 0 amide bonds. The third-order valence-electron chi connectivity index (χ3n) is 2.80. The van der Waals surface area contributed by atoms with Crippen LogP contribution in [0.1, 0.15) is 5.56 Å². The van der Waals surface area contributed by atoms with Gasteiger partial charge in [0.1, 0.15) is 11.9 Å². The Morgan fingerprint density at radius 3 is 2.45 bits per heavy atom. The minimum atomic E-state index is -4.33. The van der Waals surface area contributed by atoms with Gasteiger partial charge in [-0.3, -0.25) is 0 Å². The summed E-state index contributed by atoms with van der Waals surface area (Å²) < 4.78 is 38.0. The van der Waals surface area contributed by atoms with Crippen LogP contribution in [0, 0.1) is 22.1 Å².